The van der Waals surface area contributed by atoms with Crippen LogP contribution in [-0.4, -0.2) is 29.1 Å². The second-order valence-electron chi connectivity index (χ2n) is 6.30. The maximum absolute atomic E-state index is 12.1. The van der Waals surface area contributed by atoms with Crippen molar-refractivity contribution in [2.45, 2.75) is 46.0 Å². The molecule has 6 heteroatoms. The van der Waals surface area contributed by atoms with E-state index >= 15 is 0 Å². The van der Waals surface area contributed by atoms with E-state index in [2.05, 4.69) is 20.4 Å². The zero-order valence-corrected chi connectivity index (χ0v) is 14.3. The molecule has 0 radical (unpaired) electrons. The normalized spacial score (nSPS) is 14.7. The zero-order chi connectivity index (χ0) is 16.9. The van der Waals surface area contributed by atoms with Crippen molar-refractivity contribution in [2.75, 3.05) is 23.3 Å². The molecule has 1 saturated heterocycles. The van der Waals surface area contributed by atoms with Crippen LogP contribution in [0.1, 0.15) is 42.7 Å². The van der Waals surface area contributed by atoms with E-state index in [4.69, 9.17) is 4.52 Å². The first-order valence-corrected chi connectivity index (χ1v) is 8.56. The second kappa shape index (κ2) is 7.47. The van der Waals surface area contributed by atoms with Crippen LogP contribution in [0.3, 0.4) is 0 Å². The van der Waals surface area contributed by atoms with Crippen LogP contribution in [0.2, 0.25) is 0 Å². The summed E-state index contributed by atoms with van der Waals surface area (Å²) in [4.78, 5) is 18.9. The molecule has 24 heavy (non-hydrogen) atoms. The molecule has 1 aliphatic heterocycles. The third kappa shape index (κ3) is 3.93. The standard InChI is InChI=1S/C18H24N4O2/c1-13-16(14(2)24-21-13)7-9-18(23)20-15-6-8-17(19-12-15)22-10-4-3-5-11-22/h6,8,12H,3-5,7,9-11H2,1-2H3,(H,20,23). The highest BCUT2D eigenvalue weighted by Gasteiger charge is 2.13. The van der Waals surface area contributed by atoms with E-state index in [-0.39, 0.29) is 5.91 Å². The van der Waals surface area contributed by atoms with Gasteiger partial charge in [0.2, 0.25) is 5.91 Å². The van der Waals surface area contributed by atoms with Gasteiger partial charge in [0.05, 0.1) is 17.6 Å². The van der Waals surface area contributed by atoms with Crippen LogP contribution in [0.15, 0.2) is 22.9 Å². The number of piperidine rings is 1. The smallest absolute Gasteiger partial charge is 0.224 e. The highest BCUT2D eigenvalue weighted by molar-refractivity contribution is 5.90. The maximum Gasteiger partial charge on any atom is 0.224 e. The van der Waals surface area contributed by atoms with Crippen LogP contribution in [0.5, 0.6) is 0 Å². The lowest BCUT2D eigenvalue weighted by Crippen LogP contribution is -2.30. The van der Waals surface area contributed by atoms with Crippen LogP contribution in [0, 0.1) is 13.8 Å². The van der Waals surface area contributed by atoms with E-state index < -0.39 is 0 Å². The number of nitrogens with zero attached hydrogens (tertiary/aromatic N) is 3. The quantitative estimate of drug-likeness (QED) is 0.912. The molecule has 1 amide bonds. The van der Waals surface area contributed by atoms with Crippen LogP contribution < -0.4 is 10.2 Å². The van der Waals surface area contributed by atoms with E-state index in [0.717, 1.165) is 41.6 Å². The monoisotopic (exact) mass is 328 g/mol. The van der Waals surface area contributed by atoms with Crippen molar-refractivity contribution in [1.29, 1.82) is 0 Å². The Bertz CT molecular complexity index is 668. The molecule has 0 bridgehead atoms. The fourth-order valence-corrected chi connectivity index (χ4v) is 3.09. The number of amides is 1. The molecule has 0 saturated carbocycles. The summed E-state index contributed by atoms with van der Waals surface area (Å²) in [5.74, 6) is 1.75. The molecule has 1 N–H and O–H groups in total. The SMILES string of the molecule is Cc1noc(C)c1CCC(=O)Nc1ccc(N2CCCCC2)nc1. The first-order valence-electron chi connectivity index (χ1n) is 8.56. The Hall–Kier alpha value is -2.37. The Kier molecular flexibility index (Phi) is 5.13. The second-order valence-corrected chi connectivity index (χ2v) is 6.30. The summed E-state index contributed by atoms with van der Waals surface area (Å²) in [6.45, 7) is 5.90. The summed E-state index contributed by atoms with van der Waals surface area (Å²) >= 11 is 0. The molecular weight excluding hydrogens is 304 g/mol. The van der Waals surface area contributed by atoms with Crippen molar-refractivity contribution in [2.24, 2.45) is 0 Å². The topological polar surface area (TPSA) is 71.3 Å². The molecule has 0 aliphatic carbocycles. The largest absolute Gasteiger partial charge is 0.361 e. The molecule has 2 aromatic heterocycles. The molecule has 0 spiro atoms. The first kappa shape index (κ1) is 16.5. The van der Waals surface area contributed by atoms with Gasteiger partial charge in [0.15, 0.2) is 0 Å². The van der Waals surface area contributed by atoms with Crippen molar-refractivity contribution in [3.8, 4) is 0 Å². The average molecular weight is 328 g/mol. The fraction of sp³-hybridized carbons (Fsp3) is 0.500. The minimum absolute atomic E-state index is 0.0254. The molecule has 3 heterocycles. The number of aryl methyl sites for hydroxylation is 2. The molecule has 1 fully saturated rings. The Morgan fingerprint density at radius 2 is 2.04 bits per heavy atom. The predicted molar refractivity (Wildman–Crippen MR) is 93.2 cm³/mol. The van der Waals surface area contributed by atoms with Gasteiger partial charge in [0.1, 0.15) is 11.6 Å². The predicted octanol–water partition coefficient (Wildman–Crippen LogP) is 3.25. The molecule has 2 aromatic rings. The molecule has 0 atom stereocenters. The van der Waals surface area contributed by atoms with Gasteiger partial charge in [-0.3, -0.25) is 4.79 Å². The van der Waals surface area contributed by atoms with Crippen LogP contribution in [0.4, 0.5) is 11.5 Å². The number of hydrogen-bond donors (Lipinski definition) is 1. The van der Waals surface area contributed by atoms with Crippen LogP contribution in [-0.2, 0) is 11.2 Å². The van der Waals surface area contributed by atoms with Crippen molar-refractivity contribution < 1.29 is 9.32 Å². The lowest BCUT2D eigenvalue weighted by atomic mass is 10.1. The van der Waals surface area contributed by atoms with E-state index in [0.29, 0.717) is 12.8 Å². The number of carbonyl (C=O) groups excluding carboxylic acids is 1. The Morgan fingerprint density at radius 3 is 2.67 bits per heavy atom. The molecule has 1 aliphatic rings. The summed E-state index contributed by atoms with van der Waals surface area (Å²) < 4.78 is 5.12. The van der Waals surface area contributed by atoms with Gasteiger partial charge < -0.3 is 14.7 Å². The first-order chi connectivity index (χ1) is 11.6. The van der Waals surface area contributed by atoms with E-state index in [1.54, 1.807) is 6.20 Å². The minimum Gasteiger partial charge on any atom is -0.361 e. The molecule has 0 aromatic carbocycles. The van der Waals surface area contributed by atoms with Crippen molar-refractivity contribution in [3.05, 3.63) is 35.3 Å². The molecule has 0 unspecified atom stereocenters. The zero-order valence-electron chi connectivity index (χ0n) is 14.3. The van der Waals surface area contributed by atoms with Crippen molar-refractivity contribution in [1.82, 2.24) is 10.1 Å². The number of hydrogen-bond acceptors (Lipinski definition) is 5. The number of anilines is 2. The van der Waals surface area contributed by atoms with Gasteiger partial charge >= 0.3 is 0 Å². The highest BCUT2D eigenvalue weighted by atomic mass is 16.5. The summed E-state index contributed by atoms with van der Waals surface area (Å²) in [7, 11) is 0. The Morgan fingerprint density at radius 1 is 1.25 bits per heavy atom. The summed E-state index contributed by atoms with van der Waals surface area (Å²) in [6, 6.07) is 3.90. The number of rotatable bonds is 5. The van der Waals surface area contributed by atoms with Gasteiger partial charge in [-0.15, -0.1) is 0 Å². The summed E-state index contributed by atoms with van der Waals surface area (Å²) in [5.41, 5.74) is 2.61. The van der Waals surface area contributed by atoms with Crippen molar-refractivity contribution >= 4 is 17.4 Å². The number of aromatic nitrogens is 2. The maximum atomic E-state index is 12.1. The van der Waals surface area contributed by atoms with Gasteiger partial charge in [0, 0.05) is 25.1 Å². The highest BCUT2D eigenvalue weighted by Crippen LogP contribution is 2.19. The number of nitrogens with one attached hydrogen (secondary N) is 1. The summed E-state index contributed by atoms with van der Waals surface area (Å²) in [5, 5.41) is 6.81. The molecule has 3 rings (SSSR count). The lowest BCUT2D eigenvalue weighted by Gasteiger charge is -2.27. The van der Waals surface area contributed by atoms with Gasteiger partial charge in [-0.25, -0.2) is 4.98 Å². The Balaban J connectivity index is 1.52. The van der Waals surface area contributed by atoms with E-state index in [1.165, 1.54) is 19.3 Å². The van der Waals surface area contributed by atoms with Gasteiger partial charge in [-0.1, -0.05) is 5.16 Å². The van der Waals surface area contributed by atoms with Gasteiger partial charge in [-0.05, 0) is 51.7 Å². The van der Waals surface area contributed by atoms with Gasteiger partial charge in [0.25, 0.3) is 0 Å². The fourth-order valence-electron chi connectivity index (χ4n) is 3.09. The van der Waals surface area contributed by atoms with Crippen molar-refractivity contribution in [3.63, 3.8) is 0 Å². The lowest BCUT2D eigenvalue weighted by molar-refractivity contribution is -0.116. The minimum atomic E-state index is -0.0254. The van der Waals surface area contributed by atoms with E-state index in [9.17, 15) is 4.79 Å². The average Bonchev–Trinajstić information content (AvgIpc) is 2.93. The summed E-state index contributed by atoms with van der Waals surface area (Å²) in [6.07, 6.45) is 6.51. The third-order valence-electron chi connectivity index (χ3n) is 4.49. The molecular formula is C18H24N4O2. The van der Waals surface area contributed by atoms with E-state index in [1.807, 2.05) is 26.0 Å². The molecule has 128 valence electrons. The number of pyridine rings is 1. The van der Waals surface area contributed by atoms with Crippen LogP contribution in [0.25, 0.3) is 0 Å². The molecule has 6 nitrogen and oxygen atoms in total. The third-order valence-corrected chi connectivity index (χ3v) is 4.49. The number of carbonyl (C=O) groups is 1. The van der Waals surface area contributed by atoms with Crippen LogP contribution >= 0.6 is 0 Å². The Labute approximate surface area is 142 Å². The van der Waals surface area contributed by atoms with Gasteiger partial charge in [-0.2, -0.15) is 0 Å².